The molecule has 2 N–H and O–H groups in total. The van der Waals surface area contributed by atoms with Crippen LogP contribution in [0.2, 0.25) is 0 Å². The number of anilines is 1. The molecule has 1 atom stereocenters. The lowest BCUT2D eigenvalue weighted by Gasteiger charge is -2.47. The fraction of sp³-hybridized carbons (Fsp3) is 0.643. The van der Waals surface area contributed by atoms with Gasteiger partial charge >= 0.3 is 0 Å². The second-order valence-corrected chi connectivity index (χ2v) is 5.50. The Morgan fingerprint density at radius 1 is 1.47 bits per heavy atom. The van der Waals surface area contributed by atoms with Gasteiger partial charge in [-0.25, -0.2) is 4.98 Å². The average molecular weight is 232 g/mol. The molecule has 1 aliphatic carbocycles. The van der Waals surface area contributed by atoms with Gasteiger partial charge in [-0.3, -0.25) is 0 Å². The third-order valence-corrected chi connectivity index (χ3v) is 4.40. The van der Waals surface area contributed by atoms with E-state index in [-0.39, 0.29) is 5.60 Å². The zero-order valence-electron chi connectivity index (χ0n) is 10.4. The number of nitrogen functional groups attached to an aromatic ring is 1. The standard InChI is InChI=1S/C14H20N2O/c1-10-3-7-16-13(15)12(10)11-4-8-17-14(9-11)5-2-6-14/h3,7,11H,2,4-6,8-9H2,1H3,(H2,15,16). The summed E-state index contributed by atoms with van der Waals surface area (Å²) < 4.78 is 5.97. The molecule has 92 valence electrons. The topological polar surface area (TPSA) is 48.1 Å². The van der Waals surface area contributed by atoms with Crippen LogP contribution in [0.25, 0.3) is 0 Å². The van der Waals surface area contributed by atoms with Gasteiger partial charge in [-0.1, -0.05) is 0 Å². The van der Waals surface area contributed by atoms with Gasteiger partial charge < -0.3 is 10.5 Å². The second-order valence-electron chi connectivity index (χ2n) is 5.50. The summed E-state index contributed by atoms with van der Waals surface area (Å²) in [6.45, 7) is 3.01. The lowest BCUT2D eigenvalue weighted by atomic mass is 9.70. The van der Waals surface area contributed by atoms with Crippen molar-refractivity contribution in [1.82, 2.24) is 4.98 Å². The van der Waals surface area contributed by atoms with Crippen LogP contribution in [0.1, 0.15) is 49.1 Å². The van der Waals surface area contributed by atoms with Gasteiger partial charge in [0, 0.05) is 18.4 Å². The van der Waals surface area contributed by atoms with Crippen LogP contribution >= 0.6 is 0 Å². The minimum atomic E-state index is 0.178. The summed E-state index contributed by atoms with van der Waals surface area (Å²) in [5.41, 5.74) is 8.77. The van der Waals surface area contributed by atoms with Gasteiger partial charge in [0.1, 0.15) is 5.82 Å². The fourth-order valence-corrected chi connectivity index (χ4v) is 3.32. The monoisotopic (exact) mass is 232 g/mol. The third-order valence-electron chi connectivity index (χ3n) is 4.40. The van der Waals surface area contributed by atoms with E-state index in [4.69, 9.17) is 10.5 Å². The number of hydrogen-bond donors (Lipinski definition) is 1. The van der Waals surface area contributed by atoms with Crippen molar-refractivity contribution in [3.8, 4) is 0 Å². The van der Waals surface area contributed by atoms with E-state index in [1.165, 1.54) is 30.4 Å². The van der Waals surface area contributed by atoms with Gasteiger partial charge in [0.05, 0.1) is 5.60 Å². The molecule has 3 rings (SSSR count). The number of nitrogens with two attached hydrogens (primary N) is 1. The highest BCUT2D eigenvalue weighted by Gasteiger charge is 2.43. The third kappa shape index (κ3) is 1.82. The van der Waals surface area contributed by atoms with Crippen molar-refractivity contribution in [2.75, 3.05) is 12.3 Å². The minimum absolute atomic E-state index is 0.178. The van der Waals surface area contributed by atoms with Crippen molar-refractivity contribution in [3.63, 3.8) is 0 Å². The molecule has 1 aromatic heterocycles. The molecule has 3 heteroatoms. The van der Waals surface area contributed by atoms with Gasteiger partial charge in [0.25, 0.3) is 0 Å². The van der Waals surface area contributed by atoms with Crippen LogP contribution in [0.5, 0.6) is 0 Å². The van der Waals surface area contributed by atoms with E-state index in [9.17, 15) is 0 Å². The molecule has 2 aliphatic rings. The van der Waals surface area contributed by atoms with Crippen LogP contribution in [0.15, 0.2) is 12.3 Å². The lowest BCUT2D eigenvalue weighted by molar-refractivity contribution is -0.133. The van der Waals surface area contributed by atoms with Gasteiger partial charge in [0.15, 0.2) is 0 Å². The van der Waals surface area contributed by atoms with Crippen LogP contribution in [-0.4, -0.2) is 17.2 Å². The highest BCUT2D eigenvalue weighted by atomic mass is 16.5. The Morgan fingerprint density at radius 2 is 2.29 bits per heavy atom. The number of pyridine rings is 1. The van der Waals surface area contributed by atoms with Crippen LogP contribution in [0.3, 0.4) is 0 Å². The summed E-state index contributed by atoms with van der Waals surface area (Å²) in [6, 6.07) is 2.06. The molecule has 0 radical (unpaired) electrons. The van der Waals surface area contributed by atoms with Crippen molar-refractivity contribution >= 4 is 5.82 Å². The van der Waals surface area contributed by atoms with Gasteiger partial charge in [-0.2, -0.15) is 0 Å². The Balaban J connectivity index is 1.88. The predicted molar refractivity (Wildman–Crippen MR) is 67.9 cm³/mol. The molecule has 0 amide bonds. The number of aryl methyl sites for hydroxylation is 1. The predicted octanol–water partition coefficient (Wildman–Crippen LogP) is 2.79. The maximum absolute atomic E-state index is 6.05. The number of ether oxygens (including phenoxy) is 1. The number of hydrogen-bond acceptors (Lipinski definition) is 3. The number of nitrogens with zero attached hydrogens (tertiary/aromatic N) is 1. The Morgan fingerprint density at radius 3 is 2.94 bits per heavy atom. The summed E-state index contributed by atoms with van der Waals surface area (Å²) in [5.74, 6) is 1.25. The number of aromatic nitrogens is 1. The first-order chi connectivity index (χ1) is 8.20. The molecular weight excluding hydrogens is 212 g/mol. The first kappa shape index (κ1) is 11.0. The molecule has 1 spiro atoms. The molecule has 1 unspecified atom stereocenters. The molecule has 17 heavy (non-hydrogen) atoms. The van der Waals surface area contributed by atoms with Crippen LogP contribution < -0.4 is 5.73 Å². The second kappa shape index (κ2) is 3.98. The summed E-state index contributed by atoms with van der Waals surface area (Å²) in [4.78, 5) is 4.24. The van der Waals surface area contributed by atoms with Crippen LogP contribution in [-0.2, 0) is 4.74 Å². The molecule has 0 bridgehead atoms. The fourth-order valence-electron chi connectivity index (χ4n) is 3.32. The molecular formula is C14H20N2O. The molecule has 3 nitrogen and oxygen atoms in total. The molecule has 1 aliphatic heterocycles. The molecule has 1 aromatic rings. The quantitative estimate of drug-likeness (QED) is 0.810. The molecule has 2 fully saturated rings. The van der Waals surface area contributed by atoms with E-state index in [1.54, 1.807) is 6.20 Å². The average Bonchev–Trinajstić information content (AvgIpc) is 2.27. The zero-order valence-corrected chi connectivity index (χ0v) is 10.4. The van der Waals surface area contributed by atoms with E-state index in [0.29, 0.717) is 11.7 Å². The van der Waals surface area contributed by atoms with Crippen molar-refractivity contribution in [2.24, 2.45) is 0 Å². The Labute approximate surface area is 102 Å². The summed E-state index contributed by atoms with van der Waals surface area (Å²) in [7, 11) is 0. The summed E-state index contributed by atoms with van der Waals surface area (Å²) >= 11 is 0. The van der Waals surface area contributed by atoms with E-state index < -0.39 is 0 Å². The van der Waals surface area contributed by atoms with Gasteiger partial charge in [0.2, 0.25) is 0 Å². The van der Waals surface area contributed by atoms with E-state index in [0.717, 1.165) is 19.4 Å². The summed E-state index contributed by atoms with van der Waals surface area (Å²) in [6.07, 6.45) is 7.77. The maximum atomic E-state index is 6.05. The smallest absolute Gasteiger partial charge is 0.127 e. The van der Waals surface area contributed by atoms with E-state index in [1.807, 2.05) is 0 Å². The van der Waals surface area contributed by atoms with Gasteiger partial charge in [-0.15, -0.1) is 0 Å². The first-order valence-electron chi connectivity index (χ1n) is 6.55. The summed E-state index contributed by atoms with van der Waals surface area (Å²) in [5, 5.41) is 0. The highest BCUT2D eigenvalue weighted by molar-refractivity contribution is 5.46. The minimum Gasteiger partial charge on any atom is -0.383 e. The maximum Gasteiger partial charge on any atom is 0.127 e. The van der Waals surface area contributed by atoms with E-state index >= 15 is 0 Å². The van der Waals surface area contributed by atoms with Crippen molar-refractivity contribution in [3.05, 3.63) is 23.4 Å². The molecule has 2 heterocycles. The SMILES string of the molecule is Cc1ccnc(N)c1C1CCOC2(CCC2)C1. The Kier molecular flexibility index (Phi) is 2.58. The Bertz CT molecular complexity index is 406. The van der Waals surface area contributed by atoms with Crippen molar-refractivity contribution in [1.29, 1.82) is 0 Å². The normalized spacial score (nSPS) is 26.8. The van der Waals surface area contributed by atoms with Crippen LogP contribution in [0, 0.1) is 6.92 Å². The van der Waals surface area contributed by atoms with Gasteiger partial charge in [-0.05, 0) is 56.6 Å². The van der Waals surface area contributed by atoms with Crippen molar-refractivity contribution in [2.45, 2.75) is 50.5 Å². The molecule has 1 saturated heterocycles. The molecule has 1 saturated carbocycles. The van der Waals surface area contributed by atoms with E-state index in [2.05, 4.69) is 18.0 Å². The molecule has 0 aromatic carbocycles. The Hall–Kier alpha value is -1.09. The van der Waals surface area contributed by atoms with Crippen molar-refractivity contribution < 1.29 is 4.74 Å². The zero-order chi connectivity index (χ0) is 11.9. The lowest BCUT2D eigenvalue weighted by Crippen LogP contribution is -2.45. The van der Waals surface area contributed by atoms with Crippen LogP contribution in [0.4, 0.5) is 5.82 Å². The first-order valence-corrected chi connectivity index (χ1v) is 6.55. The number of rotatable bonds is 1. The highest BCUT2D eigenvalue weighted by Crippen LogP contribution is 2.48. The largest absolute Gasteiger partial charge is 0.383 e.